The first-order valence-electron chi connectivity index (χ1n) is 4.75. The van der Waals surface area contributed by atoms with Crippen molar-refractivity contribution in [3.63, 3.8) is 0 Å². The highest BCUT2D eigenvalue weighted by molar-refractivity contribution is 6.18. The van der Waals surface area contributed by atoms with Crippen molar-refractivity contribution in [3.8, 4) is 0 Å². The van der Waals surface area contributed by atoms with Crippen LogP contribution in [0.1, 0.15) is 20.3 Å². The molecule has 0 bridgehead atoms. The first kappa shape index (κ1) is 18.0. The van der Waals surface area contributed by atoms with Crippen molar-refractivity contribution in [1.29, 1.82) is 0 Å². The third-order valence-electron chi connectivity index (χ3n) is 1.58. The SMILES string of the molecule is C=C(C)C(=O)O.CC(=CCC(O)CCl)C(=O)O. The molecule has 1 unspecified atom stereocenters. The number of rotatable bonds is 5. The topological polar surface area (TPSA) is 94.8 Å². The summed E-state index contributed by atoms with van der Waals surface area (Å²) in [6.07, 6.45) is 1.10. The van der Waals surface area contributed by atoms with E-state index in [1.54, 1.807) is 0 Å². The van der Waals surface area contributed by atoms with Gasteiger partial charge in [0.15, 0.2) is 0 Å². The van der Waals surface area contributed by atoms with Crippen LogP contribution in [0.5, 0.6) is 0 Å². The quantitative estimate of drug-likeness (QED) is 0.518. The number of carboxylic acid groups (broad SMARTS) is 2. The molecule has 0 amide bonds. The number of hydrogen-bond acceptors (Lipinski definition) is 3. The number of carbonyl (C=O) groups is 2. The summed E-state index contributed by atoms with van der Waals surface area (Å²) in [6, 6.07) is 0. The molecule has 0 aliphatic rings. The van der Waals surface area contributed by atoms with E-state index in [1.165, 1.54) is 19.9 Å². The second kappa shape index (κ2) is 9.86. The molecule has 6 heteroatoms. The largest absolute Gasteiger partial charge is 0.478 e. The third kappa shape index (κ3) is 12.6. The zero-order valence-electron chi connectivity index (χ0n) is 9.81. The molecule has 0 saturated heterocycles. The molecule has 0 rings (SSSR count). The summed E-state index contributed by atoms with van der Waals surface area (Å²) in [4.78, 5) is 19.8. The molecular formula is C11H17ClO5. The zero-order valence-corrected chi connectivity index (χ0v) is 10.6. The van der Waals surface area contributed by atoms with Crippen LogP contribution in [-0.4, -0.2) is 39.2 Å². The number of halogens is 1. The van der Waals surface area contributed by atoms with Gasteiger partial charge in [-0.2, -0.15) is 0 Å². The number of hydrogen-bond donors (Lipinski definition) is 3. The summed E-state index contributed by atoms with van der Waals surface area (Å²) in [5.41, 5.74) is 0.407. The van der Waals surface area contributed by atoms with Crippen LogP contribution >= 0.6 is 11.6 Å². The molecule has 0 aromatic carbocycles. The minimum Gasteiger partial charge on any atom is -0.478 e. The van der Waals surface area contributed by atoms with Crippen LogP contribution in [0.15, 0.2) is 23.8 Å². The Kier molecular flexibility index (Phi) is 10.5. The number of alkyl halides is 1. The molecule has 0 fully saturated rings. The molecule has 0 heterocycles. The van der Waals surface area contributed by atoms with Gasteiger partial charge in [-0.05, 0) is 20.3 Å². The Labute approximate surface area is 105 Å². The van der Waals surface area contributed by atoms with Gasteiger partial charge in [0.2, 0.25) is 0 Å². The highest BCUT2D eigenvalue weighted by Gasteiger charge is 2.02. The van der Waals surface area contributed by atoms with Crippen LogP contribution in [0, 0.1) is 0 Å². The fourth-order valence-electron chi connectivity index (χ4n) is 0.463. The van der Waals surface area contributed by atoms with E-state index >= 15 is 0 Å². The molecule has 0 saturated carbocycles. The smallest absolute Gasteiger partial charge is 0.330 e. The van der Waals surface area contributed by atoms with E-state index in [1.807, 2.05) is 0 Å². The minimum absolute atomic E-state index is 0.128. The fourth-order valence-corrected chi connectivity index (χ4v) is 0.589. The predicted molar refractivity (Wildman–Crippen MR) is 65.2 cm³/mol. The first-order chi connectivity index (χ1) is 7.72. The maximum atomic E-state index is 10.2. The molecule has 0 spiro atoms. The molecule has 98 valence electrons. The van der Waals surface area contributed by atoms with E-state index in [9.17, 15) is 9.59 Å². The molecular weight excluding hydrogens is 248 g/mol. The van der Waals surface area contributed by atoms with Crippen molar-refractivity contribution in [2.24, 2.45) is 0 Å². The fraction of sp³-hybridized carbons (Fsp3) is 0.455. The Hall–Kier alpha value is -1.33. The van der Waals surface area contributed by atoms with Gasteiger partial charge in [0.05, 0.1) is 6.10 Å². The minimum atomic E-state index is -0.966. The van der Waals surface area contributed by atoms with E-state index in [0.29, 0.717) is 6.42 Å². The number of aliphatic carboxylic acids is 2. The standard InChI is InChI=1S/C7H11ClO3.C4H6O2/c1-5(7(10)11)2-3-6(9)4-8;1-3(2)4(5)6/h2,6,9H,3-4H2,1H3,(H,10,11);1H2,2H3,(H,5,6). The average Bonchev–Trinajstić information content (AvgIpc) is 2.25. The number of aliphatic hydroxyl groups excluding tert-OH is 1. The highest BCUT2D eigenvalue weighted by atomic mass is 35.5. The summed E-state index contributed by atoms with van der Waals surface area (Å²) >= 11 is 5.29. The van der Waals surface area contributed by atoms with Crippen LogP contribution in [0.3, 0.4) is 0 Å². The molecule has 0 aliphatic heterocycles. The summed E-state index contributed by atoms with van der Waals surface area (Å²) < 4.78 is 0. The molecule has 17 heavy (non-hydrogen) atoms. The lowest BCUT2D eigenvalue weighted by Crippen LogP contribution is -2.07. The van der Waals surface area contributed by atoms with Crippen LogP contribution in [0.2, 0.25) is 0 Å². The van der Waals surface area contributed by atoms with Crippen molar-refractivity contribution in [2.45, 2.75) is 26.4 Å². The van der Waals surface area contributed by atoms with Crippen LogP contribution in [0.25, 0.3) is 0 Å². The molecule has 1 atom stereocenters. The summed E-state index contributed by atoms with van der Waals surface area (Å²) in [6.45, 7) is 6.08. The van der Waals surface area contributed by atoms with Gasteiger partial charge in [-0.3, -0.25) is 0 Å². The summed E-state index contributed by atoms with van der Waals surface area (Å²) in [5, 5.41) is 25.2. The van der Waals surface area contributed by atoms with E-state index in [-0.39, 0.29) is 17.0 Å². The molecule has 3 N–H and O–H groups in total. The molecule has 0 aliphatic carbocycles. The van der Waals surface area contributed by atoms with Gasteiger partial charge in [-0.25, -0.2) is 9.59 Å². The van der Waals surface area contributed by atoms with E-state index in [4.69, 9.17) is 26.9 Å². The molecule has 0 aromatic heterocycles. The number of carboxylic acids is 2. The molecule has 0 aromatic rings. The number of aliphatic hydroxyl groups is 1. The zero-order chi connectivity index (χ0) is 14.0. The second-order valence-electron chi connectivity index (χ2n) is 3.32. The Bertz CT molecular complexity index is 297. The lowest BCUT2D eigenvalue weighted by Gasteiger charge is -2.01. The van der Waals surface area contributed by atoms with E-state index in [2.05, 4.69) is 6.58 Å². The normalized spacial score (nSPS) is 12.1. The Balaban J connectivity index is 0. The Morgan fingerprint density at radius 3 is 1.94 bits per heavy atom. The van der Waals surface area contributed by atoms with Crippen molar-refractivity contribution < 1.29 is 24.9 Å². The van der Waals surface area contributed by atoms with Gasteiger partial charge in [-0.1, -0.05) is 12.7 Å². The third-order valence-corrected chi connectivity index (χ3v) is 1.93. The van der Waals surface area contributed by atoms with Crippen LogP contribution < -0.4 is 0 Å². The maximum Gasteiger partial charge on any atom is 0.330 e. The first-order valence-corrected chi connectivity index (χ1v) is 5.28. The Morgan fingerprint density at radius 1 is 1.29 bits per heavy atom. The maximum absolute atomic E-state index is 10.2. The van der Waals surface area contributed by atoms with Gasteiger partial charge in [0, 0.05) is 17.0 Å². The summed E-state index contributed by atoms with van der Waals surface area (Å²) in [5.74, 6) is -1.77. The highest BCUT2D eigenvalue weighted by Crippen LogP contribution is 2.00. The van der Waals surface area contributed by atoms with Crippen molar-refractivity contribution in [3.05, 3.63) is 23.8 Å². The van der Waals surface area contributed by atoms with Crippen LogP contribution in [-0.2, 0) is 9.59 Å². The monoisotopic (exact) mass is 264 g/mol. The van der Waals surface area contributed by atoms with Gasteiger partial charge in [0.1, 0.15) is 0 Å². The average molecular weight is 265 g/mol. The summed E-state index contributed by atoms with van der Waals surface area (Å²) in [7, 11) is 0. The van der Waals surface area contributed by atoms with Gasteiger partial charge in [0.25, 0.3) is 0 Å². The van der Waals surface area contributed by atoms with E-state index in [0.717, 1.165) is 0 Å². The van der Waals surface area contributed by atoms with Gasteiger partial charge in [-0.15, -0.1) is 11.6 Å². The Morgan fingerprint density at radius 2 is 1.71 bits per heavy atom. The van der Waals surface area contributed by atoms with E-state index < -0.39 is 18.0 Å². The molecule has 5 nitrogen and oxygen atoms in total. The lowest BCUT2D eigenvalue weighted by molar-refractivity contribution is -0.133. The van der Waals surface area contributed by atoms with Gasteiger partial charge < -0.3 is 15.3 Å². The van der Waals surface area contributed by atoms with Crippen molar-refractivity contribution in [2.75, 3.05) is 5.88 Å². The predicted octanol–water partition coefficient (Wildman–Crippen LogP) is 1.65. The van der Waals surface area contributed by atoms with Crippen molar-refractivity contribution in [1.82, 2.24) is 0 Å². The van der Waals surface area contributed by atoms with Crippen LogP contribution in [0.4, 0.5) is 0 Å². The second-order valence-corrected chi connectivity index (χ2v) is 3.63. The lowest BCUT2D eigenvalue weighted by atomic mass is 10.2. The molecule has 0 radical (unpaired) electrons. The van der Waals surface area contributed by atoms with Crippen molar-refractivity contribution >= 4 is 23.5 Å². The van der Waals surface area contributed by atoms with Gasteiger partial charge >= 0.3 is 11.9 Å².